The van der Waals surface area contributed by atoms with Crippen molar-refractivity contribution in [2.45, 2.75) is 25.8 Å². The molecule has 0 saturated heterocycles. The van der Waals surface area contributed by atoms with Gasteiger partial charge in [0.15, 0.2) is 0 Å². The van der Waals surface area contributed by atoms with Crippen molar-refractivity contribution in [3.05, 3.63) is 89.2 Å². The Balaban J connectivity index is 1.19. The van der Waals surface area contributed by atoms with Crippen LogP contribution >= 0.6 is 11.6 Å². The maximum atomic E-state index is 13.2. The van der Waals surface area contributed by atoms with Crippen LogP contribution in [0.3, 0.4) is 0 Å². The average Bonchev–Trinajstić information content (AvgIpc) is 3.28. The van der Waals surface area contributed by atoms with Crippen molar-refractivity contribution in [1.29, 1.82) is 0 Å². The summed E-state index contributed by atoms with van der Waals surface area (Å²) in [5.41, 5.74) is 1.63. The summed E-state index contributed by atoms with van der Waals surface area (Å²) in [6.07, 6.45) is 3.01. The number of benzene rings is 2. The SMILES string of the molecule is O=C(CCCc1nc(-c2ccc(Cl)cc2)no1)NCc1ccc(Oc2cccc(F)c2)nc1. The van der Waals surface area contributed by atoms with Crippen LogP contribution in [0.4, 0.5) is 4.39 Å². The number of halogens is 2. The van der Waals surface area contributed by atoms with E-state index in [-0.39, 0.29) is 11.7 Å². The van der Waals surface area contributed by atoms with Crippen molar-refractivity contribution in [2.75, 3.05) is 0 Å². The molecule has 0 atom stereocenters. The van der Waals surface area contributed by atoms with E-state index in [0.29, 0.717) is 54.2 Å². The fraction of sp³-hybridized carbons (Fsp3) is 0.167. The van der Waals surface area contributed by atoms with Crippen LogP contribution in [0.5, 0.6) is 11.6 Å². The molecule has 0 radical (unpaired) electrons. The van der Waals surface area contributed by atoms with Crippen LogP contribution in [0, 0.1) is 5.82 Å². The van der Waals surface area contributed by atoms with Gasteiger partial charge in [-0.3, -0.25) is 4.79 Å². The lowest BCUT2D eigenvalue weighted by molar-refractivity contribution is -0.121. The maximum absolute atomic E-state index is 13.2. The largest absolute Gasteiger partial charge is 0.439 e. The molecule has 1 amide bonds. The third-order valence-corrected chi connectivity index (χ3v) is 4.92. The fourth-order valence-corrected chi connectivity index (χ4v) is 3.11. The molecule has 0 fully saturated rings. The number of amides is 1. The summed E-state index contributed by atoms with van der Waals surface area (Å²) in [6, 6.07) is 16.4. The van der Waals surface area contributed by atoms with Crippen molar-refractivity contribution < 1.29 is 18.4 Å². The minimum absolute atomic E-state index is 0.0903. The Hall–Kier alpha value is -3.78. The van der Waals surface area contributed by atoms with Gasteiger partial charge >= 0.3 is 0 Å². The van der Waals surface area contributed by atoms with E-state index in [1.54, 1.807) is 42.6 Å². The highest BCUT2D eigenvalue weighted by Crippen LogP contribution is 2.21. The molecule has 168 valence electrons. The highest BCUT2D eigenvalue weighted by Gasteiger charge is 2.10. The van der Waals surface area contributed by atoms with Gasteiger partial charge in [0, 0.05) is 48.3 Å². The first-order valence-corrected chi connectivity index (χ1v) is 10.7. The minimum Gasteiger partial charge on any atom is -0.439 e. The van der Waals surface area contributed by atoms with Crippen LogP contribution < -0.4 is 10.1 Å². The number of aryl methyl sites for hydroxylation is 1. The molecule has 0 aliphatic heterocycles. The Kier molecular flexibility index (Phi) is 7.26. The summed E-state index contributed by atoms with van der Waals surface area (Å²) in [6.45, 7) is 0.341. The van der Waals surface area contributed by atoms with Gasteiger partial charge in [-0.15, -0.1) is 0 Å². The third kappa shape index (κ3) is 6.60. The summed E-state index contributed by atoms with van der Waals surface area (Å²) < 4.78 is 24.0. The molecule has 4 aromatic rings. The van der Waals surface area contributed by atoms with Crippen LogP contribution in [-0.2, 0) is 17.8 Å². The van der Waals surface area contributed by atoms with Crippen molar-refractivity contribution in [1.82, 2.24) is 20.4 Å². The third-order valence-electron chi connectivity index (χ3n) is 4.67. The number of pyridine rings is 1. The van der Waals surface area contributed by atoms with Gasteiger partial charge in [-0.05, 0) is 48.4 Å². The molecular formula is C24H20ClFN4O3. The number of hydrogen-bond acceptors (Lipinski definition) is 6. The molecule has 2 heterocycles. The van der Waals surface area contributed by atoms with Gasteiger partial charge in [-0.2, -0.15) is 4.98 Å². The van der Waals surface area contributed by atoms with Gasteiger partial charge in [0.2, 0.25) is 23.5 Å². The van der Waals surface area contributed by atoms with Crippen LogP contribution in [0.15, 0.2) is 71.4 Å². The van der Waals surface area contributed by atoms with Gasteiger partial charge < -0.3 is 14.6 Å². The lowest BCUT2D eigenvalue weighted by atomic mass is 10.2. The number of ether oxygens (including phenoxy) is 1. The smallest absolute Gasteiger partial charge is 0.226 e. The first kappa shape index (κ1) is 22.4. The molecule has 2 aromatic heterocycles. The van der Waals surface area contributed by atoms with Gasteiger partial charge in [-0.25, -0.2) is 9.37 Å². The normalized spacial score (nSPS) is 10.7. The van der Waals surface area contributed by atoms with Crippen molar-refractivity contribution in [2.24, 2.45) is 0 Å². The quantitative estimate of drug-likeness (QED) is 0.357. The Bertz CT molecular complexity index is 1210. The molecular weight excluding hydrogens is 447 g/mol. The molecule has 0 bridgehead atoms. The van der Waals surface area contributed by atoms with Crippen molar-refractivity contribution >= 4 is 17.5 Å². The van der Waals surface area contributed by atoms with E-state index in [1.807, 2.05) is 12.1 Å². The van der Waals surface area contributed by atoms with Crippen molar-refractivity contribution in [3.8, 4) is 23.0 Å². The monoisotopic (exact) mass is 466 g/mol. The van der Waals surface area contributed by atoms with E-state index in [0.717, 1.165) is 11.1 Å². The summed E-state index contributed by atoms with van der Waals surface area (Å²) in [7, 11) is 0. The zero-order valence-electron chi connectivity index (χ0n) is 17.5. The zero-order chi connectivity index (χ0) is 23.0. The number of hydrogen-bond donors (Lipinski definition) is 1. The van der Waals surface area contributed by atoms with E-state index in [2.05, 4.69) is 20.4 Å². The second-order valence-electron chi connectivity index (χ2n) is 7.21. The molecule has 0 spiro atoms. The molecule has 33 heavy (non-hydrogen) atoms. The Morgan fingerprint density at radius 3 is 2.73 bits per heavy atom. The minimum atomic E-state index is -0.382. The molecule has 0 saturated carbocycles. The van der Waals surface area contributed by atoms with Crippen LogP contribution in [-0.4, -0.2) is 21.0 Å². The predicted molar refractivity (Wildman–Crippen MR) is 120 cm³/mol. The maximum Gasteiger partial charge on any atom is 0.226 e. The number of carbonyl (C=O) groups excluding carboxylic acids is 1. The van der Waals surface area contributed by atoms with Gasteiger partial charge in [0.1, 0.15) is 11.6 Å². The van der Waals surface area contributed by atoms with Crippen LogP contribution in [0.1, 0.15) is 24.3 Å². The van der Waals surface area contributed by atoms with E-state index in [9.17, 15) is 9.18 Å². The zero-order valence-corrected chi connectivity index (χ0v) is 18.3. The average molecular weight is 467 g/mol. The molecule has 7 nitrogen and oxygen atoms in total. The number of aromatic nitrogens is 3. The summed E-state index contributed by atoms with van der Waals surface area (Å²) >= 11 is 5.89. The lowest BCUT2D eigenvalue weighted by Crippen LogP contribution is -2.22. The Morgan fingerprint density at radius 2 is 1.97 bits per heavy atom. The Labute approximate surface area is 194 Å². The molecule has 2 aromatic carbocycles. The highest BCUT2D eigenvalue weighted by molar-refractivity contribution is 6.30. The van der Waals surface area contributed by atoms with E-state index >= 15 is 0 Å². The van der Waals surface area contributed by atoms with E-state index in [1.165, 1.54) is 12.1 Å². The van der Waals surface area contributed by atoms with Gasteiger partial charge in [0.05, 0.1) is 0 Å². The first-order valence-electron chi connectivity index (χ1n) is 10.3. The second-order valence-corrected chi connectivity index (χ2v) is 7.65. The number of nitrogens with zero attached hydrogens (tertiary/aromatic N) is 3. The molecule has 0 aliphatic rings. The lowest BCUT2D eigenvalue weighted by Gasteiger charge is -2.07. The molecule has 9 heteroatoms. The fourth-order valence-electron chi connectivity index (χ4n) is 2.99. The highest BCUT2D eigenvalue weighted by atomic mass is 35.5. The number of carbonyl (C=O) groups is 1. The Morgan fingerprint density at radius 1 is 1.12 bits per heavy atom. The number of rotatable bonds is 9. The summed E-state index contributed by atoms with van der Waals surface area (Å²) in [5.74, 6) is 1.20. The van der Waals surface area contributed by atoms with Crippen molar-refractivity contribution in [3.63, 3.8) is 0 Å². The topological polar surface area (TPSA) is 90.1 Å². The molecule has 4 rings (SSSR count). The summed E-state index contributed by atoms with van der Waals surface area (Å²) in [4.78, 5) is 20.7. The predicted octanol–water partition coefficient (Wildman–Crippen LogP) is 5.36. The molecule has 0 aliphatic carbocycles. The van der Waals surface area contributed by atoms with E-state index < -0.39 is 0 Å². The van der Waals surface area contributed by atoms with Crippen LogP contribution in [0.2, 0.25) is 5.02 Å². The van der Waals surface area contributed by atoms with Gasteiger partial charge in [0.25, 0.3) is 0 Å². The standard InChI is InChI=1S/C24H20ClFN4O3/c25-18-10-8-17(9-11-18)24-29-23(33-30-24)6-2-5-21(31)27-14-16-7-12-22(28-15-16)32-20-4-1-3-19(26)13-20/h1,3-4,7-13,15H,2,5-6,14H2,(H,27,31). The van der Waals surface area contributed by atoms with Crippen LogP contribution in [0.25, 0.3) is 11.4 Å². The molecule has 0 unspecified atom stereocenters. The number of nitrogens with one attached hydrogen (secondary N) is 1. The second kappa shape index (κ2) is 10.7. The summed E-state index contributed by atoms with van der Waals surface area (Å²) in [5, 5.41) is 7.45. The molecule has 1 N–H and O–H groups in total. The van der Waals surface area contributed by atoms with Gasteiger partial charge in [-0.1, -0.05) is 28.9 Å². The van der Waals surface area contributed by atoms with E-state index in [4.69, 9.17) is 20.9 Å². The first-order chi connectivity index (χ1) is 16.0.